The largest absolute Gasteiger partial charge is 0.418 e. The molecular formula is C25H26F3N3O4. The molecule has 0 aromatic heterocycles. The van der Waals surface area contributed by atoms with Crippen LogP contribution in [0.3, 0.4) is 0 Å². The number of rotatable bonds is 7. The van der Waals surface area contributed by atoms with Gasteiger partial charge in [-0.25, -0.2) is 0 Å². The van der Waals surface area contributed by atoms with Crippen LogP contribution in [0.2, 0.25) is 0 Å². The SMILES string of the molecule is O=C1CCC(C(=O)NC2(C(=O)NCc3ccc(Nc4ccccc4C(F)(F)F)cc3)CCOC2)C1. The zero-order valence-electron chi connectivity index (χ0n) is 18.9. The molecule has 2 fully saturated rings. The molecule has 1 saturated heterocycles. The van der Waals surface area contributed by atoms with Crippen molar-refractivity contribution in [1.29, 1.82) is 0 Å². The number of alkyl halides is 3. The van der Waals surface area contributed by atoms with Gasteiger partial charge in [-0.3, -0.25) is 14.4 Å². The second-order valence-electron chi connectivity index (χ2n) is 8.90. The fourth-order valence-corrected chi connectivity index (χ4v) is 4.33. The van der Waals surface area contributed by atoms with E-state index in [1.54, 1.807) is 24.3 Å². The summed E-state index contributed by atoms with van der Waals surface area (Å²) in [5.41, 5.74) is -0.801. The number of ether oxygens (including phenoxy) is 1. The number of anilines is 2. The first-order chi connectivity index (χ1) is 16.7. The van der Waals surface area contributed by atoms with Gasteiger partial charge >= 0.3 is 6.18 Å². The maximum atomic E-state index is 13.2. The number of para-hydroxylation sites is 1. The highest BCUT2D eigenvalue weighted by molar-refractivity contribution is 5.95. The molecule has 35 heavy (non-hydrogen) atoms. The summed E-state index contributed by atoms with van der Waals surface area (Å²) in [4.78, 5) is 37.1. The monoisotopic (exact) mass is 489 g/mol. The summed E-state index contributed by atoms with van der Waals surface area (Å²) in [7, 11) is 0. The number of nitrogens with one attached hydrogen (secondary N) is 3. The molecule has 2 aromatic rings. The van der Waals surface area contributed by atoms with Crippen LogP contribution in [0.5, 0.6) is 0 Å². The van der Waals surface area contributed by atoms with Gasteiger partial charge in [-0.2, -0.15) is 13.2 Å². The summed E-state index contributed by atoms with van der Waals surface area (Å²) in [5.74, 6) is -1.07. The fourth-order valence-electron chi connectivity index (χ4n) is 4.33. The van der Waals surface area contributed by atoms with Gasteiger partial charge in [0.25, 0.3) is 0 Å². The summed E-state index contributed by atoms with van der Waals surface area (Å²) in [5, 5.41) is 8.41. The molecular weight excluding hydrogens is 463 g/mol. The van der Waals surface area contributed by atoms with Gasteiger partial charge in [-0.1, -0.05) is 24.3 Å². The Kier molecular flexibility index (Phi) is 7.11. The molecule has 1 heterocycles. The summed E-state index contributed by atoms with van der Waals surface area (Å²) in [6.45, 7) is 0.543. The number of benzene rings is 2. The number of amides is 2. The molecule has 10 heteroatoms. The van der Waals surface area contributed by atoms with E-state index in [2.05, 4.69) is 16.0 Å². The van der Waals surface area contributed by atoms with E-state index in [9.17, 15) is 27.6 Å². The third kappa shape index (κ3) is 5.82. The van der Waals surface area contributed by atoms with E-state index in [1.165, 1.54) is 18.2 Å². The number of hydrogen-bond donors (Lipinski definition) is 3. The summed E-state index contributed by atoms with van der Waals surface area (Å²) < 4.78 is 45.0. The van der Waals surface area contributed by atoms with Crippen LogP contribution in [0.25, 0.3) is 0 Å². The van der Waals surface area contributed by atoms with Crippen molar-refractivity contribution >= 4 is 29.0 Å². The molecule has 2 atom stereocenters. The van der Waals surface area contributed by atoms with Gasteiger partial charge in [0.05, 0.1) is 17.9 Å². The maximum absolute atomic E-state index is 13.2. The molecule has 4 rings (SSSR count). The van der Waals surface area contributed by atoms with E-state index in [1.807, 2.05) is 0 Å². The fraction of sp³-hybridized carbons (Fsp3) is 0.400. The van der Waals surface area contributed by atoms with Crippen molar-refractivity contribution in [3.63, 3.8) is 0 Å². The molecule has 0 spiro atoms. The number of halogens is 3. The first-order valence-corrected chi connectivity index (χ1v) is 11.4. The molecule has 2 amide bonds. The Morgan fingerprint density at radius 3 is 2.46 bits per heavy atom. The Labute approximate surface area is 200 Å². The third-order valence-electron chi connectivity index (χ3n) is 6.35. The molecule has 7 nitrogen and oxygen atoms in total. The van der Waals surface area contributed by atoms with Crippen LogP contribution in [0.4, 0.5) is 24.5 Å². The first kappa shape index (κ1) is 24.7. The van der Waals surface area contributed by atoms with Crippen LogP contribution in [0.15, 0.2) is 48.5 Å². The Balaban J connectivity index is 1.36. The van der Waals surface area contributed by atoms with E-state index in [4.69, 9.17) is 4.74 Å². The number of carbonyl (C=O) groups is 3. The van der Waals surface area contributed by atoms with Gasteiger partial charge in [0.1, 0.15) is 11.3 Å². The van der Waals surface area contributed by atoms with Gasteiger partial charge in [-0.15, -0.1) is 0 Å². The van der Waals surface area contributed by atoms with Crippen LogP contribution in [0, 0.1) is 5.92 Å². The lowest BCUT2D eigenvalue weighted by molar-refractivity contribution is -0.137. The smallest absolute Gasteiger partial charge is 0.378 e. The lowest BCUT2D eigenvalue weighted by Gasteiger charge is -2.28. The zero-order valence-corrected chi connectivity index (χ0v) is 18.9. The highest BCUT2D eigenvalue weighted by Crippen LogP contribution is 2.35. The van der Waals surface area contributed by atoms with Crippen LogP contribution in [0.1, 0.15) is 36.8 Å². The Morgan fingerprint density at radius 2 is 1.83 bits per heavy atom. The molecule has 2 unspecified atom stereocenters. The molecule has 2 aliphatic rings. The van der Waals surface area contributed by atoms with E-state index in [-0.39, 0.29) is 42.9 Å². The molecule has 186 valence electrons. The van der Waals surface area contributed by atoms with E-state index in [0.29, 0.717) is 31.6 Å². The minimum Gasteiger partial charge on any atom is -0.378 e. The first-order valence-electron chi connectivity index (χ1n) is 11.4. The average Bonchev–Trinajstić information content (AvgIpc) is 3.48. The second-order valence-corrected chi connectivity index (χ2v) is 8.90. The summed E-state index contributed by atoms with van der Waals surface area (Å²) in [6, 6.07) is 11.9. The van der Waals surface area contributed by atoms with Crippen molar-refractivity contribution in [2.24, 2.45) is 5.92 Å². The number of hydrogen-bond acceptors (Lipinski definition) is 5. The highest BCUT2D eigenvalue weighted by atomic mass is 19.4. The van der Waals surface area contributed by atoms with Crippen LogP contribution < -0.4 is 16.0 Å². The van der Waals surface area contributed by atoms with Crippen molar-refractivity contribution in [2.45, 2.75) is 43.9 Å². The Hall–Kier alpha value is -3.40. The summed E-state index contributed by atoms with van der Waals surface area (Å²) in [6.07, 6.45) is -3.10. The zero-order chi connectivity index (χ0) is 25.1. The van der Waals surface area contributed by atoms with Crippen molar-refractivity contribution in [3.05, 3.63) is 59.7 Å². The minimum atomic E-state index is -4.48. The number of ketones is 1. The predicted molar refractivity (Wildman–Crippen MR) is 122 cm³/mol. The van der Waals surface area contributed by atoms with E-state index >= 15 is 0 Å². The second kappa shape index (κ2) is 10.1. The van der Waals surface area contributed by atoms with Gasteiger partial charge < -0.3 is 20.7 Å². The van der Waals surface area contributed by atoms with Gasteiger partial charge in [0.2, 0.25) is 11.8 Å². The van der Waals surface area contributed by atoms with E-state index in [0.717, 1.165) is 11.6 Å². The van der Waals surface area contributed by atoms with Crippen molar-refractivity contribution < 1.29 is 32.3 Å². The summed E-state index contributed by atoms with van der Waals surface area (Å²) >= 11 is 0. The van der Waals surface area contributed by atoms with Crippen LogP contribution in [-0.2, 0) is 31.8 Å². The molecule has 0 bridgehead atoms. The molecule has 1 saturated carbocycles. The minimum absolute atomic E-state index is 0.0474. The highest BCUT2D eigenvalue weighted by Gasteiger charge is 2.45. The third-order valence-corrected chi connectivity index (χ3v) is 6.35. The maximum Gasteiger partial charge on any atom is 0.418 e. The van der Waals surface area contributed by atoms with Crippen molar-refractivity contribution in [2.75, 3.05) is 18.5 Å². The molecule has 2 aromatic carbocycles. The van der Waals surface area contributed by atoms with Crippen molar-refractivity contribution in [3.8, 4) is 0 Å². The van der Waals surface area contributed by atoms with Gasteiger partial charge in [0, 0.05) is 44.0 Å². The molecule has 3 N–H and O–H groups in total. The molecule has 1 aliphatic heterocycles. The lowest BCUT2D eigenvalue weighted by Crippen LogP contribution is -2.60. The molecule has 1 aliphatic carbocycles. The van der Waals surface area contributed by atoms with Crippen LogP contribution in [-0.4, -0.2) is 36.4 Å². The topological polar surface area (TPSA) is 96.5 Å². The van der Waals surface area contributed by atoms with E-state index < -0.39 is 23.2 Å². The van der Waals surface area contributed by atoms with Crippen LogP contribution >= 0.6 is 0 Å². The quantitative estimate of drug-likeness (QED) is 0.551. The molecule has 0 radical (unpaired) electrons. The lowest BCUT2D eigenvalue weighted by atomic mass is 9.95. The normalized spacial score (nSPS) is 22.1. The van der Waals surface area contributed by atoms with Gasteiger partial charge in [0.15, 0.2) is 0 Å². The Bertz CT molecular complexity index is 1100. The predicted octanol–water partition coefficient (Wildman–Crippen LogP) is 3.71. The Morgan fingerprint density at radius 1 is 1.09 bits per heavy atom. The average molecular weight is 489 g/mol. The van der Waals surface area contributed by atoms with Crippen molar-refractivity contribution in [1.82, 2.24) is 10.6 Å². The van der Waals surface area contributed by atoms with Gasteiger partial charge in [-0.05, 0) is 36.2 Å². The number of carbonyl (C=O) groups excluding carboxylic acids is 3. The number of Topliss-reactive ketones (excluding diaryl/α,β-unsaturated/α-hetero) is 1. The standard InChI is InChI=1S/C25H26F3N3O4/c26-25(27,28)20-3-1-2-4-21(20)30-18-8-5-16(6-9-18)14-29-23(34)24(11-12-35-15-24)31-22(33)17-7-10-19(32)13-17/h1-6,8-9,17,30H,7,10-15H2,(H,29,34)(H,31,33).